The Labute approximate surface area is 97.2 Å². The number of aliphatic hydroxyl groups excluding tert-OH is 1. The van der Waals surface area contributed by atoms with Crippen LogP contribution in [0.3, 0.4) is 0 Å². The van der Waals surface area contributed by atoms with Crippen LogP contribution in [0.25, 0.3) is 0 Å². The van der Waals surface area contributed by atoms with Crippen molar-refractivity contribution >= 4 is 23.1 Å². The van der Waals surface area contributed by atoms with Crippen molar-refractivity contribution in [3.63, 3.8) is 0 Å². The van der Waals surface area contributed by atoms with Crippen LogP contribution in [-0.4, -0.2) is 17.0 Å². The molecule has 1 nitrogen and oxygen atoms in total. The predicted molar refractivity (Wildman–Crippen MR) is 65.7 cm³/mol. The molecule has 0 bridgehead atoms. The third-order valence-corrected chi connectivity index (χ3v) is 4.03. The standard InChI is InChI=1S/C12H8OS2/c1-2-9-6-7-10(15-9)4-3-5-12-11(13)8-14-12/h1,5-7,11,13H,8H2. The molecule has 0 spiro atoms. The van der Waals surface area contributed by atoms with E-state index in [0.717, 1.165) is 20.4 Å². The summed E-state index contributed by atoms with van der Waals surface area (Å²) in [6.07, 6.45) is 6.73. The van der Waals surface area contributed by atoms with Crippen LogP contribution in [-0.2, 0) is 0 Å². The lowest BCUT2D eigenvalue weighted by atomic mass is 10.3. The highest BCUT2D eigenvalue weighted by atomic mass is 32.2. The zero-order chi connectivity index (χ0) is 10.7. The topological polar surface area (TPSA) is 20.2 Å². The maximum Gasteiger partial charge on any atom is 0.0948 e. The Morgan fingerprint density at radius 3 is 2.80 bits per heavy atom. The van der Waals surface area contributed by atoms with Crippen molar-refractivity contribution in [2.75, 3.05) is 5.75 Å². The second-order valence-corrected chi connectivity index (χ2v) is 5.13. The zero-order valence-electron chi connectivity index (χ0n) is 7.86. The van der Waals surface area contributed by atoms with E-state index in [1.54, 1.807) is 17.8 Å². The first-order valence-corrected chi connectivity index (χ1v) is 6.18. The van der Waals surface area contributed by atoms with E-state index in [-0.39, 0.29) is 6.10 Å². The molecule has 0 saturated carbocycles. The van der Waals surface area contributed by atoms with Gasteiger partial charge in [0.05, 0.1) is 15.9 Å². The van der Waals surface area contributed by atoms with Crippen molar-refractivity contribution in [3.8, 4) is 24.2 Å². The van der Waals surface area contributed by atoms with E-state index in [2.05, 4.69) is 17.8 Å². The maximum absolute atomic E-state index is 9.27. The van der Waals surface area contributed by atoms with Gasteiger partial charge in [-0.3, -0.25) is 0 Å². The van der Waals surface area contributed by atoms with Crippen molar-refractivity contribution in [2.45, 2.75) is 6.10 Å². The molecule has 1 aliphatic rings. The molecule has 1 unspecified atom stereocenters. The SMILES string of the molecule is C#Cc1ccc(C#CC=C2SCC2O)s1. The fourth-order valence-corrected chi connectivity index (χ4v) is 2.38. The highest BCUT2D eigenvalue weighted by Crippen LogP contribution is 2.32. The lowest BCUT2D eigenvalue weighted by Crippen LogP contribution is -2.21. The quantitative estimate of drug-likeness (QED) is 0.691. The molecular formula is C12H8OS2. The fourth-order valence-electron chi connectivity index (χ4n) is 1.05. The van der Waals surface area contributed by atoms with E-state index in [9.17, 15) is 5.11 Å². The maximum atomic E-state index is 9.27. The second kappa shape index (κ2) is 4.59. The summed E-state index contributed by atoms with van der Waals surface area (Å²) in [6.45, 7) is 0. The molecule has 1 aliphatic heterocycles. The Morgan fingerprint density at radius 1 is 1.47 bits per heavy atom. The van der Waals surface area contributed by atoms with Gasteiger partial charge in [-0.25, -0.2) is 0 Å². The summed E-state index contributed by atoms with van der Waals surface area (Å²) >= 11 is 3.14. The number of terminal acetylenes is 1. The Balaban J connectivity index is 2.06. The van der Waals surface area contributed by atoms with Crippen molar-refractivity contribution in [3.05, 3.63) is 32.9 Å². The minimum absolute atomic E-state index is 0.297. The van der Waals surface area contributed by atoms with E-state index in [4.69, 9.17) is 6.42 Å². The average molecular weight is 232 g/mol. The molecule has 0 amide bonds. The van der Waals surface area contributed by atoms with Gasteiger partial charge >= 0.3 is 0 Å². The summed E-state index contributed by atoms with van der Waals surface area (Å²) in [5, 5.41) is 9.27. The van der Waals surface area contributed by atoms with Gasteiger partial charge in [0.15, 0.2) is 0 Å². The van der Waals surface area contributed by atoms with E-state index in [1.807, 2.05) is 12.1 Å². The third kappa shape index (κ3) is 2.46. The number of allylic oxidation sites excluding steroid dienone is 1. The Hall–Kier alpha value is -1.13. The van der Waals surface area contributed by atoms with Gasteiger partial charge in [0.25, 0.3) is 0 Å². The van der Waals surface area contributed by atoms with E-state index in [0.29, 0.717) is 0 Å². The lowest BCUT2D eigenvalue weighted by molar-refractivity contribution is 0.236. The number of thioether (sulfide) groups is 1. The van der Waals surface area contributed by atoms with Crippen molar-refractivity contribution in [1.29, 1.82) is 0 Å². The largest absolute Gasteiger partial charge is 0.387 e. The number of aliphatic hydroxyl groups is 1. The number of rotatable bonds is 0. The normalized spacial score (nSPS) is 21.3. The van der Waals surface area contributed by atoms with Crippen LogP contribution >= 0.6 is 23.1 Å². The monoisotopic (exact) mass is 232 g/mol. The van der Waals surface area contributed by atoms with Gasteiger partial charge in [0, 0.05) is 16.7 Å². The summed E-state index contributed by atoms with van der Waals surface area (Å²) in [4.78, 5) is 2.81. The summed E-state index contributed by atoms with van der Waals surface area (Å²) in [6, 6.07) is 3.80. The fraction of sp³-hybridized carbons (Fsp3) is 0.167. The van der Waals surface area contributed by atoms with Crippen LogP contribution in [0.2, 0.25) is 0 Å². The zero-order valence-corrected chi connectivity index (χ0v) is 9.49. The molecule has 15 heavy (non-hydrogen) atoms. The van der Waals surface area contributed by atoms with Gasteiger partial charge in [-0.1, -0.05) is 17.8 Å². The summed E-state index contributed by atoms with van der Waals surface area (Å²) < 4.78 is 0. The van der Waals surface area contributed by atoms with Gasteiger partial charge < -0.3 is 5.11 Å². The summed E-state index contributed by atoms with van der Waals surface area (Å²) in [5.41, 5.74) is 0. The smallest absolute Gasteiger partial charge is 0.0948 e. The molecule has 1 aromatic rings. The molecule has 1 atom stereocenters. The number of thiophene rings is 1. The Morgan fingerprint density at radius 2 is 2.27 bits per heavy atom. The van der Waals surface area contributed by atoms with Gasteiger partial charge in [0.2, 0.25) is 0 Å². The molecule has 1 saturated heterocycles. The molecule has 2 heterocycles. The molecule has 1 aromatic heterocycles. The lowest BCUT2D eigenvalue weighted by Gasteiger charge is -2.22. The van der Waals surface area contributed by atoms with Crippen molar-refractivity contribution in [2.24, 2.45) is 0 Å². The number of hydrogen-bond donors (Lipinski definition) is 1. The minimum atomic E-state index is -0.297. The molecular weight excluding hydrogens is 224 g/mol. The second-order valence-electron chi connectivity index (χ2n) is 2.95. The average Bonchev–Trinajstić information content (AvgIpc) is 2.70. The minimum Gasteiger partial charge on any atom is -0.387 e. The number of hydrogen-bond acceptors (Lipinski definition) is 3. The summed E-state index contributed by atoms with van der Waals surface area (Å²) in [7, 11) is 0. The molecule has 1 N–H and O–H groups in total. The first-order valence-electron chi connectivity index (χ1n) is 4.38. The van der Waals surface area contributed by atoms with Gasteiger partial charge in [-0.05, 0) is 12.1 Å². The van der Waals surface area contributed by atoms with Crippen molar-refractivity contribution < 1.29 is 5.11 Å². The van der Waals surface area contributed by atoms with Crippen LogP contribution < -0.4 is 0 Å². The molecule has 74 valence electrons. The van der Waals surface area contributed by atoms with Crippen LogP contribution in [0.15, 0.2) is 23.1 Å². The van der Waals surface area contributed by atoms with E-state index >= 15 is 0 Å². The van der Waals surface area contributed by atoms with E-state index < -0.39 is 0 Å². The van der Waals surface area contributed by atoms with Gasteiger partial charge in [0.1, 0.15) is 0 Å². The van der Waals surface area contributed by atoms with Crippen LogP contribution in [0.4, 0.5) is 0 Å². The highest BCUT2D eigenvalue weighted by Gasteiger charge is 2.21. The van der Waals surface area contributed by atoms with Gasteiger partial charge in [-0.2, -0.15) is 0 Å². The molecule has 1 fully saturated rings. The summed E-state index contributed by atoms with van der Waals surface area (Å²) in [5.74, 6) is 9.26. The molecule has 0 radical (unpaired) electrons. The van der Waals surface area contributed by atoms with Crippen LogP contribution in [0.5, 0.6) is 0 Å². The molecule has 3 heteroatoms. The van der Waals surface area contributed by atoms with Crippen LogP contribution in [0, 0.1) is 24.2 Å². The molecule has 0 aliphatic carbocycles. The first kappa shape index (κ1) is 10.4. The van der Waals surface area contributed by atoms with Crippen molar-refractivity contribution in [1.82, 2.24) is 0 Å². The Bertz CT molecular complexity index is 494. The molecule has 0 aromatic carbocycles. The highest BCUT2D eigenvalue weighted by molar-refractivity contribution is 8.04. The first-order chi connectivity index (χ1) is 7.29. The Kier molecular flexibility index (Phi) is 3.18. The van der Waals surface area contributed by atoms with Crippen LogP contribution in [0.1, 0.15) is 9.75 Å². The van der Waals surface area contributed by atoms with E-state index in [1.165, 1.54) is 11.3 Å². The van der Waals surface area contributed by atoms with Gasteiger partial charge in [-0.15, -0.1) is 29.5 Å². The predicted octanol–water partition coefficient (Wildman–Crippen LogP) is 2.07. The third-order valence-electron chi connectivity index (χ3n) is 1.89. The molecule has 2 rings (SSSR count).